The van der Waals surface area contributed by atoms with Crippen molar-refractivity contribution in [2.24, 2.45) is 5.73 Å². The van der Waals surface area contributed by atoms with Gasteiger partial charge in [0.25, 0.3) is 11.8 Å². The van der Waals surface area contributed by atoms with Crippen LogP contribution in [0.2, 0.25) is 0 Å². The van der Waals surface area contributed by atoms with Crippen molar-refractivity contribution in [1.29, 1.82) is 0 Å². The van der Waals surface area contributed by atoms with Crippen LogP contribution in [0.4, 0.5) is 0 Å². The van der Waals surface area contributed by atoms with Gasteiger partial charge in [0.1, 0.15) is 29.4 Å². The molecular weight excluding hydrogens is 1120 g/mol. The highest BCUT2D eigenvalue weighted by Crippen LogP contribution is 2.22. The third-order valence-corrected chi connectivity index (χ3v) is 9.78. The molecule has 1 heterocycles. The zero-order valence-electron chi connectivity index (χ0n) is 48.6. The molecule has 3 atom stereocenters. The summed E-state index contributed by atoms with van der Waals surface area (Å²) in [6, 6.07) is 18.9. The van der Waals surface area contributed by atoms with Crippen LogP contribution in [-0.4, -0.2) is 139 Å². The van der Waals surface area contributed by atoms with Crippen LogP contribution in [-0.2, 0) is 52.5 Å². The van der Waals surface area contributed by atoms with Crippen molar-refractivity contribution in [2.45, 2.75) is 125 Å². The van der Waals surface area contributed by atoms with Gasteiger partial charge in [0.2, 0.25) is 5.24 Å². The van der Waals surface area contributed by atoms with Crippen LogP contribution in [0.3, 0.4) is 0 Å². The maximum Gasteiger partial charge on any atom is 0.341 e. The van der Waals surface area contributed by atoms with Gasteiger partial charge in [-0.15, -0.1) is 0 Å². The van der Waals surface area contributed by atoms with Gasteiger partial charge in [-0.25, -0.2) is 4.79 Å². The molecule has 0 aromatic heterocycles. The van der Waals surface area contributed by atoms with E-state index in [0.717, 1.165) is 19.3 Å². The molecule has 470 valence electrons. The van der Waals surface area contributed by atoms with E-state index in [1.54, 1.807) is 54.6 Å². The second-order valence-electron chi connectivity index (χ2n) is 17.1. The van der Waals surface area contributed by atoms with Crippen molar-refractivity contribution < 1.29 is 96.7 Å². The quantitative estimate of drug-likeness (QED) is 0.0177. The minimum atomic E-state index is -1.02. The molecule has 0 aliphatic carbocycles. The first-order chi connectivity index (χ1) is 38.5. The van der Waals surface area contributed by atoms with E-state index < -0.39 is 72.2 Å². The van der Waals surface area contributed by atoms with Gasteiger partial charge in [0, 0.05) is 40.3 Å². The van der Waals surface area contributed by atoms with Crippen molar-refractivity contribution in [3.8, 4) is 17.2 Å². The topological polar surface area (TPSA) is 385 Å². The molecule has 11 N–H and O–H groups in total. The lowest BCUT2D eigenvalue weighted by Gasteiger charge is -2.18. The molecule has 84 heavy (non-hydrogen) atoms. The van der Waals surface area contributed by atoms with E-state index in [2.05, 4.69) is 15.4 Å². The average Bonchev–Trinajstić information content (AvgIpc) is 3.83. The second-order valence-corrected chi connectivity index (χ2v) is 17.5. The number of carbonyl (C=O) groups excluding carboxylic acids is 9. The molecule has 3 unspecified atom stereocenters. The Morgan fingerprint density at radius 3 is 1.45 bits per heavy atom. The first-order valence-electron chi connectivity index (χ1n) is 25.7. The smallest absolute Gasteiger partial charge is 0.341 e. The summed E-state index contributed by atoms with van der Waals surface area (Å²) in [6.07, 6.45) is 12.1. The monoisotopic (exact) mass is 1210 g/mol. The van der Waals surface area contributed by atoms with E-state index in [-0.39, 0.29) is 96.9 Å². The number of carbonyl (C=O) groups is 9. The highest BCUT2D eigenvalue weighted by atomic mass is 35.5. The van der Waals surface area contributed by atoms with Crippen molar-refractivity contribution in [2.75, 3.05) is 46.6 Å². The normalized spacial score (nSPS) is 13.1. The van der Waals surface area contributed by atoms with Gasteiger partial charge in [0.05, 0.1) is 63.0 Å². The highest BCUT2D eigenvalue weighted by Gasteiger charge is 2.31. The number of nitrogens with one attached hydrogen (secondary N) is 2. The van der Waals surface area contributed by atoms with Gasteiger partial charge in [-0.2, -0.15) is 0 Å². The average molecular weight is 1210 g/mol. The fourth-order valence-electron chi connectivity index (χ4n) is 5.99. The number of para-hydroxylation sites is 3. The molecule has 0 radical (unpaired) electrons. The van der Waals surface area contributed by atoms with Gasteiger partial charge in [-0.1, -0.05) is 101 Å². The summed E-state index contributed by atoms with van der Waals surface area (Å²) in [5, 5.41) is 22.5. The number of aliphatic hydroxyl groups is 2. The van der Waals surface area contributed by atoms with Crippen LogP contribution in [0.5, 0.6) is 17.2 Å². The van der Waals surface area contributed by atoms with E-state index >= 15 is 0 Å². The van der Waals surface area contributed by atoms with Gasteiger partial charge in [-0.05, 0) is 81.1 Å². The number of methoxy groups -OCH3 is 1. The number of hydrogen-bond acceptors (Lipinski definition) is 21. The highest BCUT2D eigenvalue weighted by molar-refractivity contribution is 6.63. The number of esters is 6. The van der Waals surface area contributed by atoms with Crippen molar-refractivity contribution >= 4 is 64.5 Å². The Hall–Kier alpha value is -7.68. The molecule has 4 rings (SSSR count). The van der Waals surface area contributed by atoms with Crippen LogP contribution in [0.25, 0.3) is 0 Å². The predicted molar refractivity (Wildman–Crippen MR) is 316 cm³/mol. The van der Waals surface area contributed by atoms with Crippen molar-refractivity contribution in [3.05, 3.63) is 126 Å². The van der Waals surface area contributed by atoms with E-state index in [1.165, 1.54) is 64.3 Å². The van der Waals surface area contributed by atoms with Crippen LogP contribution >= 0.6 is 11.6 Å². The summed E-state index contributed by atoms with van der Waals surface area (Å²) in [4.78, 5) is 102. The summed E-state index contributed by atoms with van der Waals surface area (Å²) in [5.74, 6) is -3.98. The van der Waals surface area contributed by atoms with Crippen LogP contribution < -0.4 is 36.7 Å². The lowest BCUT2D eigenvalue weighted by Crippen LogP contribution is -2.38. The minimum absolute atomic E-state index is 0. The number of allylic oxidation sites excluding steroid dienone is 4. The number of halogens is 1. The molecule has 3 aromatic carbocycles. The number of nitrogens with two attached hydrogens (primary N) is 1. The molecule has 24 nitrogen and oxygen atoms in total. The zero-order valence-corrected chi connectivity index (χ0v) is 49.4. The number of ether oxygens (including phenoxy) is 8. The summed E-state index contributed by atoms with van der Waals surface area (Å²) < 4.78 is 40.4. The molecule has 1 saturated heterocycles. The second kappa shape index (κ2) is 48.8. The number of aliphatic hydroxyl groups excluding tert-OH is 2. The Kier molecular flexibility index (Phi) is 48.1. The minimum Gasteiger partial charge on any atom is -0.465 e. The summed E-state index contributed by atoms with van der Waals surface area (Å²) in [5.41, 5.74) is 5.94. The predicted octanol–water partition coefficient (Wildman–Crippen LogP) is 6.78. The van der Waals surface area contributed by atoms with E-state index in [4.69, 9.17) is 60.7 Å². The van der Waals surface area contributed by atoms with E-state index in [1.807, 2.05) is 52.8 Å². The van der Waals surface area contributed by atoms with E-state index in [9.17, 15) is 43.2 Å². The zero-order chi connectivity index (χ0) is 61.2. The molecule has 25 heteroatoms. The van der Waals surface area contributed by atoms with Gasteiger partial charge >= 0.3 is 35.8 Å². The van der Waals surface area contributed by atoms with Crippen molar-refractivity contribution in [1.82, 2.24) is 16.8 Å². The SMILES string of the molecule is C.CC(=O)Oc1ccccc1C(=O)NCC(O)CO.CC/C=C\CC(=O)Cl.CC/C=C\CC(=O)OCC(CNC(=O)c1ccccc1OC(C)=O)OC(=O)C/C=C\CC.CC1(C)OCC(CN)O1.COC(=O)c1ccccc1OC(C)=O.N.O. The molecule has 0 spiro atoms. The van der Waals surface area contributed by atoms with Crippen molar-refractivity contribution in [3.63, 3.8) is 0 Å². The molecule has 0 bridgehead atoms. The Balaban J connectivity index is -0.000000520. The fraction of sp³-hybridized carbons (Fsp3) is 0.441. The lowest BCUT2D eigenvalue weighted by atomic mass is 10.2. The van der Waals surface area contributed by atoms with Gasteiger partial charge in [0.15, 0.2) is 11.9 Å². The molecular formula is C59H87ClN4O20. The van der Waals surface area contributed by atoms with Crippen LogP contribution in [0.1, 0.15) is 132 Å². The molecule has 0 saturated carbocycles. The van der Waals surface area contributed by atoms with Gasteiger partial charge in [-0.3, -0.25) is 38.4 Å². The Morgan fingerprint density at radius 2 is 1.08 bits per heavy atom. The van der Waals surface area contributed by atoms with Crippen LogP contribution in [0, 0.1) is 0 Å². The first-order valence-corrected chi connectivity index (χ1v) is 26.1. The Bertz CT molecular complexity index is 2540. The maximum absolute atomic E-state index is 12.6. The number of benzene rings is 3. The Labute approximate surface area is 497 Å². The van der Waals surface area contributed by atoms with Gasteiger partial charge < -0.3 is 76.1 Å². The molecule has 1 aliphatic rings. The summed E-state index contributed by atoms with van der Waals surface area (Å²) in [7, 11) is 1.27. The lowest BCUT2D eigenvalue weighted by molar-refractivity contribution is -0.157. The van der Waals surface area contributed by atoms with Crippen LogP contribution in [0.15, 0.2) is 109 Å². The Morgan fingerprint density at radius 1 is 0.679 bits per heavy atom. The summed E-state index contributed by atoms with van der Waals surface area (Å²) in [6.45, 7) is 13.8. The molecule has 1 fully saturated rings. The van der Waals surface area contributed by atoms with E-state index in [0.29, 0.717) is 19.6 Å². The molecule has 3 aromatic rings. The number of rotatable bonds is 24. The number of amides is 2. The largest absolute Gasteiger partial charge is 0.465 e. The summed E-state index contributed by atoms with van der Waals surface area (Å²) >= 11 is 5.02. The molecule has 1 aliphatic heterocycles. The molecule has 2 amide bonds. The standard InChI is InChI=1S/C24H31NO7.C12H15NO5.C10H10O4.C6H9ClO.C6H13NO2.CH4.H3N.H2O/c1-4-6-8-14-22(27)30-17-19(32-23(28)15-9-7-5-2)16-25-24(29)20-12-10-11-13-21(20)31-18(3)26;1-8(15)18-11-5-3-2-4-10(11)12(17)13-6-9(16)7-14;1-7(11)14-9-6-4-3-5-8(9)10(12)13-2;1-2-3-4-5-6(7)8;1-6(2)8-4-5(3-7)9-6;;;/h6-13,19H,4-5,14-17H2,1-3H3,(H,25,29);2-5,9,14,16H,6-7H2,1H3,(H,13,17);3-6H,1-2H3;3-4H,2,5H2,1H3;5H,3-4,7H2,1-2H3;1H4;1H3;1H2/b8-6-,9-7-;;;4-3-;;;;. The third-order valence-electron chi connectivity index (χ3n) is 9.63. The number of hydrogen-bond donors (Lipinski definition) is 6. The maximum atomic E-state index is 12.6. The fourth-order valence-corrected chi connectivity index (χ4v) is 6.07. The third kappa shape index (κ3) is 39.7. The first kappa shape index (κ1) is 82.8.